The Morgan fingerprint density at radius 1 is 1.29 bits per heavy atom. The number of thiophene rings is 1. The van der Waals surface area contributed by atoms with Gasteiger partial charge in [0.25, 0.3) is 0 Å². The monoisotopic (exact) mass is 242 g/mol. The van der Waals surface area contributed by atoms with Crippen molar-refractivity contribution in [1.82, 2.24) is 0 Å². The van der Waals surface area contributed by atoms with Gasteiger partial charge in [-0.25, -0.2) is 0 Å². The van der Waals surface area contributed by atoms with E-state index >= 15 is 0 Å². The number of nitrogens with zero attached hydrogens (tertiary/aromatic N) is 1. The number of nitriles is 1. The molecule has 0 fully saturated rings. The van der Waals surface area contributed by atoms with Crippen molar-refractivity contribution in [2.24, 2.45) is 0 Å². The van der Waals surface area contributed by atoms with E-state index in [4.69, 9.17) is 5.26 Å². The quantitative estimate of drug-likeness (QED) is 0.887. The van der Waals surface area contributed by atoms with E-state index in [9.17, 15) is 0 Å². The van der Waals surface area contributed by atoms with Gasteiger partial charge in [0.05, 0.1) is 11.6 Å². The summed E-state index contributed by atoms with van der Waals surface area (Å²) in [7, 11) is 0. The second-order valence-electron chi connectivity index (χ2n) is 3.98. The smallest absolute Gasteiger partial charge is 0.0992 e. The minimum atomic E-state index is 0.688. The highest BCUT2D eigenvalue weighted by Crippen LogP contribution is 2.21. The molecule has 0 saturated carbocycles. The molecule has 0 aliphatic rings. The molecule has 86 valence electrons. The van der Waals surface area contributed by atoms with Crippen molar-refractivity contribution in [3.8, 4) is 6.07 Å². The van der Waals surface area contributed by atoms with Crippen LogP contribution >= 0.6 is 11.3 Å². The van der Waals surface area contributed by atoms with Crippen molar-refractivity contribution in [2.45, 2.75) is 20.4 Å². The van der Waals surface area contributed by atoms with Crippen molar-refractivity contribution in [1.29, 1.82) is 5.26 Å². The predicted molar refractivity (Wildman–Crippen MR) is 72.3 cm³/mol. The molecule has 2 aromatic rings. The second-order valence-corrected chi connectivity index (χ2v) is 5.45. The Morgan fingerprint density at radius 3 is 2.76 bits per heavy atom. The fraction of sp³-hybridized carbons (Fsp3) is 0.214. The van der Waals surface area contributed by atoms with Crippen molar-refractivity contribution < 1.29 is 0 Å². The molecule has 1 aromatic carbocycles. The molecule has 2 rings (SSSR count). The Bertz CT molecular complexity index is 564. The Hall–Kier alpha value is -1.79. The maximum atomic E-state index is 8.82. The summed E-state index contributed by atoms with van der Waals surface area (Å²) >= 11 is 1.82. The molecule has 0 unspecified atom stereocenters. The molecule has 1 N–H and O–H groups in total. The van der Waals surface area contributed by atoms with Crippen LogP contribution in [0.4, 0.5) is 5.69 Å². The third kappa shape index (κ3) is 2.86. The zero-order valence-corrected chi connectivity index (χ0v) is 10.8. The SMILES string of the molecule is Cc1cc(CNc2cccc(C#N)c2)c(C)s1. The van der Waals surface area contributed by atoms with Gasteiger partial charge in [-0.3, -0.25) is 0 Å². The van der Waals surface area contributed by atoms with Gasteiger partial charge in [0.1, 0.15) is 0 Å². The van der Waals surface area contributed by atoms with Gasteiger partial charge in [-0.15, -0.1) is 11.3 Å². The van der Waals surface area contributed by atoms with Crippen molar-refractivity contribution >= 4 is 17.0 Å². The first-order valence-corrected chi connectivity index (χ1v) is 6.30. The van der Waals surface area contributed by atoms with Crippen LogP contribution in [0.5, 0.6) is 0 Å². The maximum Gasteiger partial charge on any atom is 0.0992 e. The van der Waals surface area contributed by atoms with Crippen LogP contribution in [0, 0.1) is 25.2 Å². The van der Waals surface area contributed by atoms with Gasteiger partial charge >= 0.3 is 0 Å². The van der Waals surface area contributed by atoms with E-state index in [-0.39, 0.29) is 0 Å². The van der Waals surface area contributed by atoms with Gasteiger partial charge < -0.3 is 5.32 Å². The minimum absolute atomic E-state index is 0.688. The summed E-state index contributed by atoms with van der Waals surface area (Å²) in [5, 5.41) is 12.2. The van der Waals surface area contributed by atoms with E-state index in [1.807, 2.05) is 35.6 Å². The third-order valence-corrected chi connectivity index (χ3v) is 3.63. The summed E-state index contributed by atoms with van der Waals surface area (Å²) in [4.78, 5) is 2.69. The highest BCUT2D eigenvalue weighted by atomic mass is 32.1. The van der Waals surface area contributed by atoms with Crippen LogP contribution in [0.15, 0.2) is 30.3 Å². The normalized spacial score (nSPS) is 9.94. The Kier molecular flexibility index (Phi) is 3.46. The van der Waals surface area contributed by atoms with E-state index in [0.717, 1.165) is 12.2 Å². The summed E-state index contributed by atoms with van der Waals surface area (Å²) < 4.78 is 0. The molecule has 0 atom stereocenters. The topological polar surface area (TPSA) is 35.8 Å². The highest BCUT2D eigenvalue weighted by Gasteiger charge is 2.02. The predicted octanol–water partition coefficient (Wildman–Crippen LogP) is 3.85. The molecule has 1 heterocycles. The van der Waals surface area contributed by atoms with E-state index < -0.39 is 0 Å². The number of hydrogen-bond donors (Lipinski definition) is 1. The second kappa shape index (κ2) is 5.03. The summed E-state index contributed by atoms with van der Waals surface area (Å²) in [5.41, 5.74) is 3.01. The first kappa shape index (κ1) is 11.7. The fourth-order valence-electron chi connectivity index (χ4n) is 1.75. The van der Waals surface area contributed by atoms with Gasteiger partial charge in [0, 0.05) is 22.0 Å². The van der Waals surface area contributed by atoms with Crippen LogP contribution in [0.2, 0.25) is 0 Å². The minimum Gasteiger partial charge on any atom is -0.381 e. The first-order chi connectivity index (χ1) is 8.19. The first-order valence-electron chi connectivity index (χ1n) is 5.49. The van der Waals surface area contributed by atoms with Gasteiger partial charge in [-0.05, 0) is 43.7 Å². The fourth-order valence-corrected chi connectivity index (χ4v) is 2.70. The Labute approximate surface area is 106 Å². The average molecular weight is 242 g/mol. The number of anilines is 1. The molecule has 1 aromatic heterocycles. The molecule has 17 heavy (non-hydrogen) atoms. The van der Waals surface area contributed by atoms with Crippen molar-refractivity contribution in [2.75, 3.05) is 5.32 Å². The molecule has 0 bridgehead atoms. The lowest BCUT2D eigenvalue weighted by atomic mass is 10.2. The lowest BCUT2D eigenvalue weighted by Crippen LogP contribution is -1.99. The molecule has 0 saturated heterocycles. The molecule has 0 aliphatic carbocycles. The van der Waals surface area contributed by atoms with Gasteiger partial charge in [-0.1, -0.05) is 6.07 Å². The lowest BCUT2D eigenvalue weighted by Gasteiger charge is -2.06. The summed E-state index contributed by atoms with van der Waals surface area (Å²) in [6.45, 7) is 5.07. The molecule has 0 amide bonds. The Morgan fingerprint density at radius 2 is 2.12 bits per heavy atom. The van der Waals surface area contributed by atoms with Crippen LogP contribution in [0.1, 0.15) is 20.9 Å². The molecular formula is C14H14N2S. The number of rotatable bonds is 3. The van der Waals surface area contributed by atoms with Crippen LogP contribution in [-0.2, 0) is 6.54 Å². The highest BCUT2D eigenvalue weighted by molar-refractivity contribution is 7.12. The maximum absolute atomic E-state index is 8.82. The van der Waals surface area contributed by atoms with Gasteiger partial charge in [0.2, 0.25) is 0 Å². The molecule has 0 radical (unpaired) electrons. The van der Waals surface area contributed by atoms with Gasteiger partial charge in [-0.2, -0.15) is 5.26 Å². The lowest BCUT2D eigenvalue weighted by molar-refractivity contribution is 1.14. The molecular weight excluding hydrogens is 228 g/mol. The van der Waals surface area contributed by atoms with Crippen LogP contribution in [0.25, 0.3) is 0 Å². The Balaban J connectivity index is 2.07. The van der Waals surface area contributed by atoms with E-state index in [1.165, 1.54) is 15.3 Å². The third-order valence-electron chi connectivity index (χ3n) is 2.62. The summed E-state index contributed by atoms with van der Waals surface area (Å²) in [6, 6.07) is 11.9. The zero-order chi connectivity index (χ0) is 12.3. The van der Waals surface area contributed by atoms with Crippen LogP contribution in [-0.4, -0.2) is 0 Å². The van der Waals surface area contributed by atoms with Crippen molar-refractivity contribution in [3.05, 3.63) is 51.2 Å². The van der Waals surface area contributed by atoms with E-state index in [0.29, 0.717) is 5.56 Å². The van der Waals surface area contributed by atoms with Crippen LogP contribution in [0.3, 0.4) is 0 Å². The largest absolute Gasteiger partial charge is 0.381 e. The number of nitrogens with one attached hydrogen (secondary N) is 1. The number of aryl methyl sites for hydroxylation is 2. The molecule has 0 aliphatic heterocycles. The van der Waals surface area contributed by atoms with Crippen LogP contribution < -0.4 is 5.32 Å². The molecule has 3 heteroatoms. The van der Waals surface area contributed by atoms with Crippen molar-refractivity contribution in [3.63, 3.8) is 0 Å². The van der Waals surface area contributed by atoms with Gasteiger partial charge in [0.15, 0.2) is 0 Å². The average Bonchev–Trinajstić information content (AvgIpc) is 2.65. The van der Waals surface area contributed by atoms with E-state index in [1.54, 1.807) is 0 Å². The number of benzene rings is 1. The molecule has 2 nitrogen and oxygen atoms in total. The standard InChI is InChI=1S/C14H14N2S/c1-10-6-13(11(2)17-10)9-16-14-5-3-4-12(7-14)8-15/h3-7,16H,9H2,1-2H3. The molecule has 0 spiro atoms. The zero-order valence-electron chi connectivity index (χ0n) is 9.95. The summed E-state index contributed by atoms with van der Waals surface area (Å²) in [5.74, 6) is 0. The summed E-state index contributed by atoms with van der Waals surface area (Å²) in [6.07, 6.45) is 0. The number of hydrogen-bond acceptors (Lipinski definition) is 3. The van der Waals surface area contributed by atoms with E-state index in [2.05, 4.69) is 31.3 Å².